The first-order chi connectivity index (χ1) is 8.15. The van der Waals surface area contributed by atoms with Gasteiger partial charge in [0.05, 0.1) is 0 Å². The molecule has 0 bridgehead atoms. The molecule has 0 amide bonds. The topological polar surface area (TPSA) is 9.72 Å². The minimum absolute atomic E-state index is 0.568. The number of nitrogens with zero attached hydrogens (tertiary/aromatic N) is 3. The van der Waals surface area contributed by atoms with E-state index in [0.29, 0.717) is 24.4 Å². The van der Waals surface area contributed by atoms with Gasteiger partial charge in [0, 0.05) is 32.7 Å². The predicted molar refractivity (Wildman–Crippen MR) is 66.4 cm³/mol. The second-order valence-electron chi connectivity index (χ2n) is 6.50. The molecule has 4 heteroatoms. The molecule has 0 aromatic rings. The molecule has 3 aliphatic rings. The summed E-state index contributed by atoms with van der Waals surface area (Å²) in [7, 11) is 2.21. The van der Waals surface area contributed by atoms with Crippen molar-refractivity contribution in [2.45, 2.75) is 19.3 Å². The maximum absolute atomic E-state index is 13.0. The van der Waals surface area contributed by atoms with Crippen molar-refractivity contribution in [2.75, 3.05) is 52.9 Å². The first-order valence-corrected chi connectivity index (χ1v) is 6.97. The van der Waals surface area contributed by atoms with Crippen LogP contribution in [0, 0.1) is 11.3 Å². The summed E-state index contributed by atoms with van der Waals surface area (Å²) >= 11 is 0. The number of rotatable bonds is 2. The predicted octanol–water partition coefficient (Wildman–Crippen LogP) is 1.22. The van der Waals surface area contributed by atoms with Crippen LogP contribution in [0.15, 0.2) is 0 Å². The van der Waals surface area contributed by atoms with E-state index in [4.69, 9.17) is 0 Å². The lowest BCUT2D eigenvalue weighted by atomic mass is 9.72. The van der Waals surface area contributed by atoms with E-state index in [0.717, 1.165) is 18.1 Å². The zero-order chi connectivity index (χ0) is 11.9. The molecule has 0 radical (unpaired) electrons. The molecule has 1 spiro atoms. The van der Waals surface area contributed by atoms with E-state index in [1.165, 1.54) is 39.0 Å². The molecule has 0 aromatic heterocycles. The van der Waals surface area contributed by atoms with Gasteiger partial charge in [0.25, 0.3) is 0 Å². The summed E-state index contributed by atoms with van der Waals surface area (Å²) in [6, 6.07) is 0. The van der Waals surface area contributed by atoms with Gasteiger partial charge >= 0.3 is 0 Å². The highest BCUT2D eigenvalue weighted by atomic mass is 19.2. The molecule has 0 saturated carbocycles. The van der Waals surface area contributed by atoms with Crippen LogP contribution in [0.4, 0.5) is 4.48 Å². The van der Waals surface area contributed by atoms with Crippen LogP contribution in [0.2, 0.25) is 0 Å². The molecule has 17 heavy (non-hydrogen) atoms. The molecule has 3 aliphatic heterocycles. The maximum Gasteiger partial charge on any atom is 0.0331 e. The summed E-state index contributed by atoms with van der Waals surface area (Å²) in [5.41, 5.74) is 0.646. The average molecular weight is 241 g/mol. The Hall–Kier alpha value is -0.190. The van der Waals surface area contributed by atoms with Crippen molar-refractivity contribution in [1.82, 2.24) is 14.9 Å². The molecule has 0 aromatic carbocycles. The summed E-state index contributed by atoms with van der Waals surface area (Å²) in [5.74, 6) is 0.568. The number of hydrogen-bond acceptors (Lipinski definition) is 3. The third-order valence-corrected chi connectivity index (χ3v) is 4.88. The van der Waals surface area contributed by atoms with Crippen molar-refractivity contribution in [1.29, 1.82) is 0 Å². The van der Waals surface area contributed by atoms with E-state index in [9.17, 15) is 4.48 Å². The van der Waals surface area contributed by atoms with E-state index in [1.807, 2.05) is 0 Å². The average Bonchev–Trinajstić information content (AvgIpc) is 2.65. The van der Waals surface area contributed by atoms with Gasteiger partial charge in [0.2, 0.25) is 0 Å². The van der Waals surface area contributed by atoms with Crippen LogP contribution in [0.5, 0.6) is 0 Å². The Morgan fingerprint density at radius 1 is 1.18 bits per heavy atom. The quantitative estimate of drug-likeness (QED) is 0.673. The fourth-order valence-corrected chi connectivity index (χ4v) is 3.92. The molecule has 0 aliphatic carbocycles. The summed E-state index contributed by atoms with van der Waals surface area (Å²) in [6.07, 6.45) is 3.74. The standard InChI is InChI=1S/C13H24FN3/c1-15-10-13(11-15)3-6-16(7-4-13)8-12-2-5-17(14)9-12/h12H,2-11H2,1H3. The van der Waals surface area contributed by atoms with Gasteiger partial charge in [-0.15, -0.1) is 9.60 Å². The van der Waals surface area contributed by atoms with Crippen molar-refractivity contribution < 1.29 is 4.48 Å². The van der Waals surface area contributed by atoms with Gasteiger partial charge in [0.15, 0.2) is 0 Å². The van der Waals surface area contributed by atoms with Crippen LogP contribution in [0.1, 0.15) is 19.3 Å². The second-order valence-corrected chi connectivity index (χ2v) is 6.50. The van der Waals surface area contributed by atoms with Gasteiger partial charge < -0.3 is 9.80 Å². The Balaban J connectivity index is 1.43. The Morgan fingerprint density at radius 3 is 2.41 bits per heavy atom. The first kappa shape index (κ1) is 11.9. The molecular formula is C13H24FN3. The summed E-state index contributed by atoms with van der Waals surface area (Å²) in [4.78, 5) is 4.99. The van der Waals surface area contributed by atoms with Gasteiger partial charge in [-0.2, -0.15) is 0 Å². The highest BCUT2D eigenvalue weighted by Crippen LogP contribution is 2.39. The zero-order valence-electron chi connectivity index (χ0n) is 10.9. The lowest BCUT2D eigenvalue weighted by molar-refractivity contribution is -0.0344. The summed E-state index contributed by atoms with van der Waals surface area (Å²) in [6.45, 7) is 7.47. The van der Waals surface area contributed by atoms with Gasteiger partial charge in [-0.05, 0) is 50.7 Å². The van der Waals surface area contributed by atoms with E-state index in [1.54, 1.807) is 0 Å². The van der Waals surface area contributed by atoms with E-state index in [-0.39, 0.29) is 0 Å². The van der Waals surface area contributed by atoms with Gasteiger partial charge in [-0.3, -0.25) is 0 Å². The van der Waals surface area contributed by atoms with Crippen molar-refractivity contribution in [3.05, 3.63) is 0 Å². The van der Waals surface area contributed by atoms with Crippen LogP contribution >= 0.6 is 0 Å². The first-order valence-electron chi connectivity index (χ1n) is 6.97. The van der Waals surface area contributed by atoms with Gasteiger partial charge in [0.1, 0.15) is 0 Å². The lowest BCUT2D eigenvalue weighted by Crippen LogP contribution is -2.59. The minimum atomic E-state index is 0.568. The largest absolute Gasteiger partial charge is 0.305 e. The number of hydrogen-bond donors (Lipinski definition) is 0. The molecule has 3 nitrogen and oxygen atoms in total. The number of likely N-dealkylation sites (tertiary alicyclic amines) is 2. The highest BCUT2D eigenvalue weighted by Gasteiger charge is 2.43. The third-order valence-electron chi connectivity index (χ3n) is 4.88. The molecular weight excluding hydrogens is 217 g/mol. The van der Waals surface area contributed by atoms with Crippen molar-refractivity contribution in [3.63, 3.8) is 0 Å². The summed E-state index contributed by atoms with van der Waals surface area (Å²) in [5, 5.41) is 0.983. The van der Waals surface area contributed by atoms with Crippen LogP contribution < -0.4 is 0 Å². The Bertz CT molecular complexity index is 268. The molecule has 1 unspecified atom stereocenters. The van der Waals surface area contributed by atoms with Crippen LogP contribution in [-0.4, -0.2) is 67.8 Å². The molecule has 0 N–H and O–H groups in total. The van der Waals surface area contributed by atoms with Crippen molar-refractivity contribution in [3.8, 4) is 0 Å². The number of piperidine rings is 1. The second kappa shape index (κ2) is 4.48. The molecule has 3 fully saturated rings. The molecule has 3 rings (SSSR count). The number of halogens is 1. The van der Waals surface area contributed by atoms with Gasteiger partial charge in [-0.25, -0.2) is 0 Å². The Labute approximate surface area is 103 Å². The summed E-state index contributed by atoms with van der Waals surface area (Å²) < 4.78 is 13.0. The van der Waals surface area contributed by atoms with Gasteiger partial charge in [-0.1, -0.05) is 0 Å². The van der Waals surface area contributed by atoms with E-state index >= 15 is 0 Å². The Morgan fingerprint density at radius 2 is 1.88 bits per heavy atom. The molecule has 1 atom stereocenters. The monoisotopic (exact) mass is 241 g/mol. The lowest BCUT2D eigenvalue weighted by Gasteiger charge is -2.53. The maximum atomic E-state index is 13.0. The minimum Gasteiger partial charge on any atom is -0.305 e. The molecule has 3 saturated heterocycles. The van der Waals surface area contributed by atoms with E-state index < -0.39 is 0 Å². The van der Waals surface area contributed by atoms with Crippen molar-refractivity contribution >= 4 is 0 Å². The fourth-order valence-electron chi connectivity index (χ4n) is 3.92. The van der Waals surface area contributed by atoms with Crippen LogP contribution in [0.25, 0.3) is 0 Å². The Kier molecular flexibility index (Phi) is 3.13. The third kappa shape index (κ3) is 2.49. The van der Waals surface area contributed by atoms with Crippen molar-refractivity contribution in [2.24, 2.45) is 11.3 Å². The SMILES string of the molecule is CN1CC2(CCN(CC3CCN(F)C3)CC2)C1. The van der Waals surface area contributed by atoms with Crippen LogP contribution in [0.3, 0.4) is 0 Å². The normalized spacial score (nSPS) is 35.3. The fraction of sp³-hybridized carbons (Fsp3) is 1.00. The van der Waals surface area contributed by atoms with E-state index in [2.05, 4.69) is 16.8 Å². The molecule has 98 valence electrons. The smallest absolute Gasteiger partial charge is 0.0331 e. The van der Waals surface area contributed by atoms with Crippen LogP contribution in [-0.2, 0) is 0 Å². The zero-order valence-corrected chi connectivity index (χ0v) is 10.9. The highest BCUT2D eigenvalue weighted by molar-refractivity contribution is 4.97. The molecule has 3 heterocycles.